The van der Waals surface area contributed by atoms with Crippen molar-refractivity contribution in [2.75, 3.05) is 14.2 Å². The normalized spacial score (nSPS) is 21.2. The van der Waals surface area contributed by atoms with Gasteiger partial charge in [0.15, 0.2) is 0 Å². The minimum Gasteiger partial charge on any atom is -0.376 e. The number of nitrogens with one attached hydrogen (secondary N) is 1. The Labute approximate surface area is 110 Å². The number of likely N-dealkylation sites (N-methyl/N-ethyl adjacent to an activating group) is 1. The first-order chi connectivity index (χ1) is 8.82. The van der Waals surface area contributed by atoms with Crippen molar-refractivity contribution in [3.05, 3.63) is 30.1 Å². The second-order valence-electron chi connectivity index (χ2n) is 5.19. The van der Waals surface area contributed by atoms with E-state index in [0.29, 0.717) is 0 Å². The lowest BCUT2D eigenvalue weighted by atomic mass is 9.82. The van der Waals surface area contributed by atoms with Crippen LogP contribution in [0.3, 0.4) is 0 Å². The summed E-state index contributed by atoms with van der Waals surface area (Å²) in [6.45, 7) is 0. The average Bonchev–Trinajstić information content (AvgIpc) is 2.67. The van der Waals surface area contributed by atoms with Gasteiger partial charge in [0.1, 0.15) is 0 Å². The van der Waals surface area contributed by atoms with E-state index in [4.69, 9.17) is 4.74 Å². The fraction of sp³-hybridized carbons (Fsp3) is 0.667. The molecular formula is C15H24N2O. The molecule has 1 saturated carbocycles. The molecule has 1 aliphatic carbocycles. The fourth-order valence-corrected chi connectivity index (χ4v) is 3.22. The Kier molecular flexibility index (Phi) is 4.72. The molecule has 100 valence electrons. The van der Waals surface area contributed by atoms with E-state index in [1.54, 1.807) is 0 Å². The Morgan fingerprint density at radius 2 is 2.00 bits per heavy atom. The topological polar surface area (TPSA) is 34.2 Å². The predicted octanol–water partition coefficient (Wildman–Crippen LogP) is 3.08. The van der Waals surface area contributed by atoms with Crippen molar-refractivity contribution in [3.8, 4) is 0 Å². The Morgan fingerprint density at radius 1 is 1.28 bits per heavy atom. The molecular weight excluding hydrogens is 224 g/mol. The molecule has 0 amide bonds. The quantitative estimate of drug-likeness (QED) is 0.831. The van der Waals surface area contributed by atoms with Gasteiger partial charge in [0, 0.05) is 19.5 Å². The van der Waals surface area contributed by atoms with Gasteiger partial charge in [-0.2, -0.15) is 0 Å². The zero-order valence-electron chi connectivity index (χ0n) is 11.5. The van der Waals surface area contributed by atoms with Crippen LogP contribution in [0.4, 0.5) is 0 Å². The molecule has 0 aliphatic heterocycles. The Balaban J connectivity index is 2.27. The van der Waals surface area contributed by atoms with E-state index in [2.05, 4.69) is 16.4 Å². The van der Waals surface area contributed by atoms with Gasteiger partial charge in [-0.1, -0.05) is 31.7 Å². The van der Waals surface area contributed by atoms with Gasteiger partial charge in [0.2, 0.25) is 0 Å². The number of ether oxygens (including phenoxy) is 1. The SMILES string of the molecule is CNC(c1cccnc1)C1(OC)CCCCCC1. The maximum absolute atomic E-state index is 5.98. The van der Waals surface area contributed by atoms with Gasteiger partial charge in [0.05, 0.1) is 11.6 Å². The number of nitrogens with zero attached hydrogens (tertiary/aromatic N) is 1. The molecule has 1 aromatic heterocycles. The highest BCUT2D eigenvalue weighted by molar-refractivity contribution is 5.19. The zero-order valence-corrected chi connectivity index (χ0v) is 11.5. The molecule has 3 nitrogen and oxygen atoms in total. The molecule has 0 aromatic carbocycles. The third-order valence-electron chi connectivity index (χ3n) is 4.19. The van der Waals surface area contributed by atoms with E-state index < -0.39 is 0 Å². The van der Waals surface area contributed by atoms with Crippen LogP contribution in [0, 0.1) is 0 Å². The Hall–Kier alpha value is -0.930. The van der Waals surface area contributed by atoms with Gasteiger partial charge in [0.25, 0.3) is 0 Å². The van der Waals surface area contributed by atoms with Gasteiger partial charge < -0.3 is 10.1 Å². The van der Waals surface area contributed by atoms with Crippen LogP contribution in [0.15, 0.2) is 24.5 Å². The third-order valence-corrected chi connectivity index (χ3v) is 4.19. The van der Waals surface area contributed by atoms with Crippen LogP contribution >= 0.6 is 0 Å². The van der Waals surface area contributed by atoms with Crippen LogP contribution in [0.2, 0.25) is 0 Å². The summed E-state index contributed by atoms with van der Waals surface area (Å²) in [5.41, 5.74) is 1.15. The summed E-state index contributed by atoms with van der Waals surface area (Å²) in [5, 5.41) is 3.44. The molecule has 18 heavy (non-hydrogen) atoms. The summed E-state index contributed by atoms with van der Waals surface area (Å²) in [6, 6.07) is 4.37. The molecule has 0 radical (unpaired) electrons. The molecule has 1 N–H and O–H groups in total. The summed E-state index contributed by atoms with van der Waals surface area (Å²) in [7, 11) is 3.87. The molecule has 1 aromatic rings. The van der Waals surface area contributed by atoms with E-state index in [1.807, 2.05) is 32.6 Å². The smallest absolute Gasteiger partial charge is 0.0873 e. The monoisotopic (exact) mass is 248 g/mol. The summed E-state index contributed by atoms with van der Waals surface area (Å²) < 4.78 is 5.98. The molecule has 1 fully saturated rings. The number of hydrogen-bond donors (Lipinski definition) is 1. The summed E-state index contributed by atoms with van der Waals surface area (Å²) in [6.07, 6.45) is 11.2. The van der Waals surface area contributed by atoms with E-state index in [1.165, 1.54) is 31.2 Å². The van der Waals surface area contributed by atoms with Crippen LogP contribution in [0.25, 0.3) is 0 Å². The molecule has 3 heteroatoms. The second kappa shape index (κ2) is 6.30. The average molecular weight is 248 g/mol. The molecule has 2 rings (SSSR count). The van der Waals surface area contributed by atoms with Crippen molar-refractivity contribution in [3.63, 3.8) is 0 Å². The highest BCUT2D eigenvalue weighted by Gasteiger charge is 2.39. The molecule has 1 atom stereocenters. The number of aromatic nitrogens is 1. The Morgan fingerprint density at radius 3 is 2.50 bits per heavy atom. The van der Waals surface area contributed by atoms with Crippen molar-refractivity contribution in [1.82, 2.24) is 10.3 Å². The predicted molar refractivity (Wildman–Crippen MR) is 73.5 cm³/mol. The third kappa shape index (κ3) is 2.73. The van der Waals surface area contributed by atoms with Crippen LogP contribution < -0.4 is 5.32 Å². The minimum atomic E-state index is -0.0751. The lowest BCUT2D eigenvalue weighted by Crippen LogP contribution is -2.44. The lowest BCUT2D eigenvalue weighted by Gasteiger charge is -2.39. The van der Waals surface area contributed by atoms with Crippen molar-refractivity contribution >= 4 is 0 Å². The van der Waals surface area contributed by atoms with Crippen LogP contribution in [0.1, 0.15) is 50.1 Å². The molecule has 0 saturated heterocycles. The van der Waals surface area contributed by atoms with Gasteiger partial charge in [-0.25, -0.2) is 0 Å². The van der Waals surface area contributed by atoms with Crippen LogP contribution in [0.5, 0.6) is 0 Å². The first kappa shape index (κ1) is 13.5. The molecule has 0 bridgehead atoms. The van der Waals surface area contributed by atoms with E-state index in [-0.39, 0.29) is 11.6 Å². The zero-order chi connectivity index (χ0) is 12.8. The second-order valence-corrected chi connectivity index (χ2v) is 5.19. The number of pyridine rings is 1. The lowest BCUT2D eigenvalue weighted by molar-refractivity contribution is -0.0523. The van der Waals surface area contributed by atoms with Crippen molar-refractivity contribution in [1.29, 1.82) is 0 Å². The number of rotatable bonds is 4. The minimum absolute atomic E-state index is 0.0751. The summed E-state index contributed by atoms with van der Waals surface area (Å²) in [4.78, 5) is 4.24. The molecule has 1 heterocycles. The largest absolute Gasteiger partial charge is 0.376 e. The van der Waals surface area contributed by atoms with Crippen molar-refractivity contribution < 1.29 is 4.74 Å². The van der Waals surface area contributed by atoms with Crippen LogP contribution in [-0.4, -0.2) is 24.7 Å². The molecule has 1 aliphatic rings. The van der Waals surface area contributed by atoms with E-state index in [0.717, 1.165) is 12.8 Å². The van der Waals surface area contributed by atoms with Gasteiger partial charge in [-0.3, -0.25) is 4.98 Å². The van der Waals surface area contributed by atoms with Gasteiger partial charge in [-0.15, -0.1) is 0 Å². The number of methoxy groups -OCH3 is 1. The standard InChI is InChI=1S/C15H24N2O/c1-16-14(13-8-7-11-17-12-13)15(18-2)9-5-3-4-6-10-15/h7-8,11-12,14,16H,3-6,9-10H2,1-2H3. The van der Waals surface area contributed by atoms with E-state index >= 15 is 0 Å². The van der Waals surface area contributed by atoms with E-state index in [9.17, 15) is 0 Å². The summed E-state index contributed by atoms with van der Waals surface area (Å²) in [5.74, 6) is 0. The van der Waals surface area contributed by atoms with Crippen molar-refractivity contribution in [2.24, 2.45) is 0 Å². The first-order valence-corrected chi connectivity index (χ1v) is 6.95. The fourth-order valence-electron chi connectivity index (χ4n) is 3.22. The first-order valence-electron chi connectivity index (χ1n) is 6.95. The van der Waals surface area contributed by atoms with Crippen LogP contribution in [-0.2, 0) is 4.74 Å². The molecule has 0 spiro atoms. The van der Waals surface area contributed by atoms with Crippen molar-refractivity contribution in [2.45, 2.75) is 50.2 Å². The van der Waals surface area contributed by atoms with Gasteiger partial charge >= 0.3 is 0 Å². The highest BCUT2D eigenvalue weighted by Crippen LogP contribution is 2.39. The summed E-state index contributed by atoms with van der Waals surface area (Å²) >= 11 is 0. The van der Waals surface area contributed by atoms with Gasteiger partial charge in [-0.05, 0) is 31.5 Å². The number of hydrogen-bond acceptors (Lipinski definition) is 3. The Bertz CT molecular complexity index is 345. The molecule has 1 unspecified atom stereocenters. The maximum Gasteiger partial charge on any atom is 0.0873 e. The highest BCUT2D eigenvalue weighted by atomic mass is 16.5. The maximum atomic E-state index is 5.98.